The monoisotopic (exact) mass is 363 g/mol. The van der Waals surface area contributed by atoms with Crippen LogP contribution in [0.4, 0.5) is 0 Å². The molecule has 136 valence electrons. The van der Waals surface area contributed by atoms with Crippen LogP contribution in [-0.4, -0.2) is 53.3 Å². The van der Waals surface area contributed by atoms with E-state index in [1.54, 1.807) is 4.90 Å². The van der Waals surface area contributed by atoms with Gasteiger partial charge in [-0.2, -0.15) is 0 Å². The molecular weight excluding hydrogens is 338 g/mol. The van der Waals surface area contributed by atoms with Gasteiger partial charge in [0.2, 0.25) is 5.91 Å². The highest BCUT2D eigenvalue weighted by atomic mass is 32.2. The number of benzene rings is 1. The zero-order valence-corrected chi connectivity index (χ0v) is 15.6. The molecule has 1 N–H and O–H groups in total. The van der Waals surface area contributed by atoms with E-state index in [0.29, 0.717) is 19.5 Å². The Hall–Kier alpha value is -1.89. The van der Waals surface area contributed by atoms with Gasteiger partial charge in [0.15, 0.2) is 9.84 Å². The SMILES string of the molecule is CCCS(=O)(=O)[C@@H](C)C(=O)N1CCC(c2nc3ccccc3[nH]2)CC1. The van der Waals surface area contributed by atoms with Crippen molar-refractivity contribution in [3.63, 3.8) is 0 Å². The van der Waals surface area contributed by atoms with Crippen LogP contribution in [0.5, 0.6) is 0 Å². The molecule has 1 aliphatic rings. The second-order valence-electron chi connectivity index (χ2n) is 6.75. The van der Waals surface area contributed by atoms with Gasteiger partial charge in [0, 0.05) is 19.0 Å². The number of para-hydroxylation sites is 2. The molecule has 6 nitrogen and oxygen atoms in total. The minimum Gasteiger partial charge on any atom is -0.342 e. The molecule has 0 spiro atoms. The smallest absolute Gasteiger partial charge is 0.240 e. The number of aromatic nitrogens is 2. The first-order valence-corrected chi connectivity index (χ1v) is 10.6. The van der Waals surface area contributed by atoms with Crippen molar-refractivity contribution in [1.29, 1.82) is 0 Å². The van der Waals surface area contributed by atoms with Crippen LogP contribution < -0.4 is 0 Å². The third kappa shape index (κ3) is 3.71. The number of amides is 1. The fourth-order valence-electron chi connectivity index (χ4n) is 3.41. The zero-order chi connectivity index (χ0) is 18.0. The molecule has 1 aliphatic heterocycles. The number of hydrogen-bond donors (Lipinski definition) is 1. The third-order valence-corrected chi connectivity index (χ3v) is 7.23. The highest BCUT2D eigenvalue weighted by Crippen LogP contribution is 2.28. The van der Waals surface area contributed by atoms with E-state index in [9.17, 15) is 13.2 Å². The van der Waals surface area contributed by atoms with Crippen LogP contribution in [0.1, 0.15) is 44.9 Å². The lowest BCUT2D eigenvalue weighted by molar-refractivity contribution is -0.131. The Morgan fingerprint density at radius 3 is 2.64 bits per heavy atom. The molecule has 25 heavy (non-hydrogen) atoms. The summed E-state index contributed by atoms with van der Waals surface area (Å²) in [6.07, 6.45) is 2.13. The van der Waals surface area contributed by atoms with Gasteiger partial charge in [-0.3, -0.25) is 4.79 Å². The second kappa shape index (κ2) is 7.15. The fraction of sp³-hybridized carbons (Fsp3) is 0.556. The van der Waals surface area contributed by atoms with Gasteiger partial charge in [-0.15, -0.1) is 0 Å². The molecule has 3 rings (SSSR count). The summed E-state index contributed by atoms with van der Waals surface area (Å²) in [5, 5.41) is -0.949. The maximum absolute atomic E-state index is 12.5. The van der Waals surface area contributed by atoms with E-state index < -0.39 is 15.1 Å². The van der Waals surface area contributed by atoms with Gasteiger partial charge in [0.25, 0.3) is 0 Å². The molecular formula is C18H25N3O3S. The van der Waals surface area contributed by atoms with Crippen molar-refractivity contribution in [2.45, 2.75) is 44.3 Å². The third-order valence-electron chi connectivity index (χ3n) is 4.98. The fourth-order valence-corrected chi connectivity index (χ4v) is 4.79. The first kappa shape index (κ1) is 17.9. The number of rotatable bonds is 5. The number of imidazole rings is 1. The van der Waals surface area contributed by atoms with Crippen LogP contribution in [0, 0.1) is 0 Å². The van der Waals surface area contributed by atoms with E-state index in [2.05, 4.69) is 9.97 Å². The molecule has 1 saturated heterocycles. The van der Waals surface area contributed by atoms with Gasteiger partial charge in [-0.05, 0) is 38.3 Å². The van der Waals surface area contributed by atoms with Crippen molar-refractivity contribution in [1.82, 2.24) is 14.9 Å². The van der Waals surface area contributed by atoms with E-state index >= 15 is 0 Å². The Labute approximate surface area is 148 Å². The van der Waals surface area contributed by atoms with Crippen molar-refractivity contribution in [2.24, 2.45) is 0 Å². The zero-order valence-electron chi connectivity index (χ0n) is 14.7. The van der Waals surface area contributed by atoms with E-state index in [0.717, 1.165) is 29.7 Å². The Morgan fingerprint density at radius 2 is 2.00 bits per heavy atom. The van der Waals surface area contributed by atoms with Crippen molar-refractivity contribution in [3.8, 4) is 0 Å². The van der Waals surface area contributed by atoms with Crippen LogP contribution in [-0.2, 0) is 14.6 Å². The van der Waals surface area contributed by atoms with Gasteiger partial charge in [-0.25, -0.2) is 13.4 Å². The first-order chi connectivity index (χ1) is 11.9. The lowest BCUT2D eigenvalue weighted by Crippen LogP contribution is -2.45. The maximum atomic E-state index is 12.5. The molecule has 2 aromatic rings. The highest BCUT2D eigenvalue weighted by molar-refractivity contribution is 7.92. The highest BCUT2D eigenvalue weighted by Gasteiger charge is 2.33. The van der Waals surface area contributed by atoms with Crippen LogP contribution in [0.3, 0.4) is 0 Å². The average molecular weight is 363 g/mol. The van der Waals surface area contributed by atoms with Gasteiger partial charge in [0.1, 0.15) is 11.1 Å². The molecule has 0 radical (unpaired) electrons. The number of nitrogens with one attached hydrogen (secondary N) is 1. The summed E-state index contributed by atoms with van der Waals surface area (Å²) >= 11 is 0. The molecule has 1 fully saturated rings. The van der Waals surface area contributed by atoms with Crippen LogP contribution in [0.15, 0.2) is 24.3 Å². The van der Waals surface area contributed by atoms with Gasteiger partial charge < -0.3 is 9.88 Å². The largest absolute Gasteiger partial charge is 0.342 e. The number of carbonyl (C=O) groups excluding carboxylic acids is 1. The number of H-pyrrole nitrogens is 1. The predicted octanol–water partition coefficient (Wildman–Crippen LogP) is 2.48. The standard InChI is InChI=1S/C18H25N3O3S/c1-3-12-25(23,24)13(2)18(22)21-10-8-14(9-11-21)17-19-15-6-4-5-7-16(15)20-17/h4-7,13-14H,3,8-12H2,1-2H3,(H,19,20)/t13-/m0/s1. The predicted molar refractivity (Wildman–Crippen MR) is 98.2 cm³/mol. The summed E-state index contributed by atoms with van der Waals surface area (Å²) < 4.78 is 24.3. The molecule has 1 aromatic heterocycles. The summed E-state index contributed by atoms with van der Waals surface area (Å²) in [6, 6.07) is 7.93. The van der Waals surface area contributed by atoms with E-state index in [-0.39, 0.29) is 17.6 Å². The molecule has 7 heteroatoms. The van der Waals surface area contributed by atoms with Crippen LogP contribution in [0.2, 0.25) is 0 Å². The molecule has 1 atom stereocenters. The number of piperidine rings is 1. The summed E-state index contributed by atoms with van der Waals surface area (Å²) in [7, 11) is -3.35. The lowest BCUT2D eigenvalue weighted by atomic mass is 9.96. The number of hydrogen-bond acceptors (Lipinski definition) is 4. The Morgan fingerprint density at radius 1 is 1.32 bits per heavy atom. The molecule has 0 unspecified atom stereocenters. The number of nitrogens with zero attached hydrogens (tertiary/aromatic N) is 2. The quantitative estimate of drug-likeness (QED) is 0.885. The topological polar surface area (TPSA) is 83.1 Å². The average Bonchev–Trinajstić information content (AvgIpc) is 3.04. The number of sulfone groups is 1. The molecule has 0 saturated carbocycles. The van der Waals surface area contributed by atoms with Gasteiger partial charge in [-0.1, -0.05) is 19.1 Å². The maximum Gasteiger partial charge on any atom is 0.240 e. The number of carbonyl (C=O) groups is 1. The van der Waals surface area contributed by atoms with Gasteiger partial charge >= 0.3 is 0 Å². The molecule has 0 aliphatic carbocycles. The van der Waals surface area contributed by atoms with Crippen molar-refractivity contribution < 1.29 is 13.2 Å². The summed E-state index contributed by atoms with van der Waals surface area (Å²) in [5.74, 6) is 1.03. The summed E-state index contributed by atoms with van der Waals surface area (Å²) in [6.45, 7) is 4.48. The minimum absolute atomic E-state index is 0.0648. The first-order valence-electron chi connectivity index (χ1n) is 8.87. The van der Waals surface area contributed by atoms with Crippen molar-refractivity contribution >= 4 is 26.8 Å². The Bertz CT molecular complexity index is 818. The van der Waals surface area contributed by atoms with E-state index in [1.807, 2.05) is 31.2 Å². The van der Waals surface area contributed by atoms with E-state index in [4.69, 9.17) is 0 Å². The van der Waals surface area contributed by atoms with Crippen molar-refractivity contribution in [2.75, 3.05) is 18.8 Å². The van der Waals surface area contributed by atoms with E-state index in [1.165, 1.54) is 6.92 Å². The summed E-state index contributed by atoms with van der Waals surface area (Å²) in [5.41, 5.74) is 1.98. The van der Waals surface area contributed by atoms with Crippen LogP contribution in [0.25, 0.3) is 11.0 Å². The second-order valence-corrected chi connectivity index (χ2v) is 9.19. The van der Waals surface area contributed by atoms with Crippen LogP contribution >= 0.6 is 0 Å². The number of likely N-dealkylation sites (tertiary alicyclic amines) is 1. The minimum atomic E-state index is -3.35. The Balaban J connectivity index is 1.64. The lowest BCUT2D eigenvalue weighted by Gasteiger charge is -2.32. The van der Waals surface area contributed by atoms with Gasteiger partial charge in [0.05, 0.1) is 16.8 Å². The number of aromatic amines is 1. The molecule has 2 heterocycles. The molecule has 1 amide bonds. The number of fused-ring (bicyclic) bond motifs is 1. The summed E-state index contributed by atoms with van der Waals surface area (Å²) in [4.78, 5) is 22.2. The van der Waals surface area contributed by atoms with Crippen molar-refractivity contribution in [3.05, 3.63) is 30.1 Å². The molecule has 0 bridgehead atoms. The molecule has 1 aromatic carbocycles. The Kier molecular flexibility index (Phi) is 5.13. The normalized spacial score (nSPS) is 17.8.